The highest BCUT2D eigenvalue weighted by Crippen LogP contribution is 2.37. The number of halogens is 1. The molecule has 0 saturated carbocycles. The van der Waals surface area contributed by atoms with Gasteiger partial charge in [0.2, 0.25) is 5.91 Å². The highest BCUT2D eigenvalue weighted by atomic mass is 35.5. The van der Waals surface area contributed by atoms with Crippen molar-refractivity contribution in [2.45, 2.75) is 25.5 Å². The number of hydrogen-bond donors (Lipinski definition) is 1. The van der Waals surface area contributed by atoms with E-state index in [-0.39, 0.29) is 11.9 Å². The summed E-state index contributed by atoms with van der Waals surface area (Å²) in [5.74, 6) is 0.836. The number of aromatic nitrogens is 4. The largest absolute Gasteiger partial charge is 0.487 e. The zero-order valence-electron chi connectivity index (χ0n) is 19.1. The normalized spacial score (nSPS) is 15.8. The number of nitrogens with two attached hydrogens (primary N) is 1. The Balaban J connectivity index is 1.48. The number of ether oxygens (including phenoxy) is 1. The van der Waals surface area contributed by atoms with E-state index in [1.54, 1.807) is 4.90 Å². The van der Waals surface area contributed by atoms with E-state index in [0.717, 1.165) is 24.0 Å². The summed E-state index contributed by atoms with van der Waals surface area (Å²) in [6.07, 6.45) is 4.51. The lowest BCUT2D eigenvalue weighted by atomic mass is 10.1. The molecule has 178 valence electrons. The average molecular weight is 489 g/mol. The van der Waals surface area contributed by atoms with Crippen molar-refractivity contribution < 1.29 is 9.53 Å². The molecule has 0 radical (unpaired) electrons. The summed E-state index contributed by atoms with van der Waals surface area (Å²) >= 11 is 6.59. The summed E-state index contributed by atoms with van der Waals surface area (Å²) in [7, 11) is 0. The molecule has 1 saturated heterocycles. The highest BCUT2D eigenvalue weighted by molar-refractivity contribution is 6.32. The minimum atomic E-state index is -0.0848. The molecule has 3 heterocycles. The quantitative estimate of drug-likeness (QED) is 0.396. The maximum absolute atomic E-state index is 12.2. The molecular formula is C26H25ClN6O2. The van der Waals surface area contributed by atoms with Gasteiger partial charge in [-0.1, -0.05) is 48.5 Å². The van der Waals surface area contributed by atoms with E-state index in [0.29, 0.717) is 53.0 Å². The van der Waals surface area contributed by atoms with Gasteiger partial charge < -0.3 is 15.4 Å². The number of fused-ring (bicyclic) bond motifs is 1. The first kappa shape index (κ1) is 22.9. The van der Waals surface area contributed by atoms with Crippen LogP contribution in [0.1, 0.15) is 24.4 Å². The average Bonchev–Trinajstić information content (AvgIpc) is 3.29. The van der Waals surface area contributed by atoms with Gasteiger partial charge in [0.05, 0.1) is 16.5 Å². The SMILES string of the molecule is C=CC(=O)N1CCC[C@@H](n2nc(-c3ccc(OCc4ccccc4)c(Cl)c3)c3c(N)ncnc32)C1. The number of anilines is 1. The third-order valence-corrected chi connectivity index (χ3v) is 6.48. The minimum absolute atomic E-state index is 0.0397. The fourth-order valence-electron chi connectivity index (χ4n) is 4.44. The lowest BCUT2D eigenvalue weighted by Gasteiger charge is -2.32. The molecule has 2 N–H and O–H groups in total. The Labute approximate surface area is 208 Å². The Morgan fingerprint density at radius 3 is 2.83 bits per heavy atom. The smallest absolute Gasteiger partial charge is 0.246 e. The zero-order valence-corrected chi connectivity index (χ0v) is 19.9. The summed E-state index contributed by atoms with van der Waals surface area (Å²) in [5, 5.41) is 6.03. The van der Waals surface area contributed by atoms with Crippen LogP contribution in [0.3, 0.4) is 0 Å². The van der Waals surface area contributed by atoms with Crippen molar-refractivity contribution in [3.8, 4) is 17.0 Å². The number of nitrogen functional groups attached to an aromatic ring is 1. The Kier molecular flexibility index (Phi) is 6.37. The Morgan fingerprint density at radius 1 is 1.23 bits per heavy atom. The van der Waals surface area contributed by atoms with Gasteiger partial charge >= 0.3 is 0 Å². The maximum Gasteiger partial charge on any atom is 0.246 e. The molecule has 1 amide bonds. The second kappa shape index (κ2) is 9.76. The standard InChI is InChI=1S/C26H25ClN6O2/c1-2-22(34)32-12-6-9-19(14-32)33-26-23(25(28)29-16-30-26)24(31-33)18-10-11-21(20(27)13-18)35-15-17-7-4-3-5-8-17/h2-5,7-8,10-11,13,16,19H,1,6,9,12,14-15H2,(H2,28,29,30)/t19-/m1/s1. The van der Waals surface area contributed by atoms with Crippen molar-refractivity contribution in [1.29, 1.82) is 0 Å². The van der Waals surface area contributed by atoms with Crippen LogP contribution in [0.4, 0.5) is 5.82 Å². The molecule has 8 nitrogen and oxygen atoms in total. The van der Waals surface area contributed by atoms with Gasteiger partial charge in [-0.15, -0.1) is 0 Å². The van der Waals surface area contributed by atoms with Crippen LogP contribution in [0, 0.1) is 0 Å². The third-order valence-electron chi connectivity index (χ3n) is 6.19. The van der Waals surface area contributed by atoms with E-state index in [1.807, 2.05) is 53.2 Å². The van der Waals surface area contributed by atoms with Crippen LogP contribution in [0.5, 0.6) is 5.75 Å². The summed E-state index contributed by atoms with van der Waals surface area (Å²) in [5.41, 5.74) is 9.38. The zero-order chi connectivity index (χ0) is 24.4. The van der Waals surface area contributed by atoms with Crippen LogP contribution in [-0.2, 0) is 11.4 Å². The van der Waals surface area contributed by atoms with Gasteiger partial charge in [0.1, 0.15) is 30.2 Å². The molecule has 4 aromatic rings. The molecule has 1 fully saturated rings. The van der Waals surface area contributed by atoms with E-state index >= 15 is 0 Å². The predicted molar refractivity (Wildman–Crippen MR) is 136 cm³/mol. The van der Waals surface area contributed by atoms with Crippen molar-refractivity contribution in [2.75, 3.05) is 18.8 Å². The molecule has 1 aliphatic heterocycles. The molecule has 0 unspecified atom stereocenters. The highest BCUT2D eigenvalue weighted by Gasteiger charge is 2.28. The molecular weight excluding hydrogens is 464 g/mol. The van der Waals surface area contributed by atoms with Gasteiger partial charge in [-0.05, 0) is 42.7 Å². The Bertz CT molecular complexity index is 1390. The van der Waals surface area contributed by atoms with Gasteiger partial charge in [-0.3, -0.25) is 4.79 Å². The number of benzene rings is 2. The first-order valence-corrected chi connectivity index (χ1v) is 11.8. The van der Waals surface area contributed by atoms with E-state index in [1.165, 1.54) is 12.4 Å². The fraction of sp³-hybridized carbons (Fsp3) is 0.231. The molecule has 2 aromatic carbocycles. The van der Waals surface area contributed by atoms with Gasteiger partial charge in [0, 0.05) is 18.7 Å². The van der Waals surface area contributed by atoms with Crippen LogP contribution in [-0.4, -0.2) is 43.6 Å². The van der Waals surface area contributed by atoms with Crippen LogP contribution < -0.4 is 10.5 Å². The number of carbonyl (C=O) groups excluding carboxylic acids is 1. The van der Waals surface area contributed by atoms with Gasteiger partial charge in [-0.2, -0.15) is 5.10 Å². The van der Waals surface area contributed by atoms with Gasteiger partial charge in [-0.25, -0.2) is 14.6 Å². The first-order chi connectivity index (χ1) is 17.0. The third kappa shape index (κ3) is 4.57. The number of piperidine rings is 1. The van der Waals surface area contributed by atoms with Crippen LogP contribution in [0.15, 0.2) is 67.5 Å². The summed E-state index contributed by atoms with van der Waals surface area (Å²) in [6, 6.07) is 15.4. The molecule has 35 heavy (non-hydrogen) atoms. The Morgan fingerprint density at radius 2 is 2.06 bits per heavy atom. The molecule has 5 rings (SSSR count). The molecule has 1 aliphatic rings. The summed E-state index contributed by atoms with van der Waals surface area (Å²) < 4.78 is 7.78. The van der Waals surface area contributed by atoms with Crippen LogP contribution >= 0.6 is 11.6 Å². The fourth-order valence-corrected chi connectivity index (χ4v) is 4.67. The Hall–Kier alpha value is -3.91. The molecule has 0 spiro atoms. The molecule has 2 aromatic heterocycles. The molecule has 9 heteroatoms. The van der Waals surface area contributed by atoms with Gasteiger partial charge in [0.15, 0.2) is 5.65 Å². The van der Waals surface area contributed by atoms with Crippen LogP contribution in [0.25, 0.3) is 22.3 Å². The van der Waals surface area contributed by atoms with E-state index in [2.05, 4.69) is 16.5 Å². The van der Waals surface area contributed by atoms with E-state index in [4.69, 9.17) is 27.2 Å². The second-order valence-electron chi connectivity index (χ2n) is 8.45. The second-order valence-corrected chi connectivity index (χ2v) is 8.86. The van der Waals surface area contributed by atoms with Crippen molar-refractivity contribution >= 4 is 34.4 Å². The number of carbonyl (C=O) groups is 1. The molecule has 1 atom stereocenters. The van der Waals surface area contributed by atoms with E-state index < -0.39 is 0 Å². The lowest BCUT2D eigenvalue weighted by Crippen LogP contribution is -2.40. The lowest BCUT2D eigenvalue weighted by molar-refractivity contribution is -0.127. The van der Waals surface area contributed by atoms with Crippen molar-refractivity contribution in [3.05, 3.63) is 78.1 Å². The number of rotatable bonds is 6. The monoisotopic (exact) mass is 488 g/mol. The molecule has 0 bridgehead atoms. The topological polar surface area (TPSA) is 99.2 Å². The number of likely N-dealkylation sites (tertiary alicyclic amines) is 1. The van der Waals surface area contributed by atoms with Crippen molar-refractivity contribution in [3.63, 3.8) is 0 Å². The van der Waals surface area contributed by atoms with E-state index in [9.17, 15) is 4.79 Å². The summed E-state index contributed by atoms with van der Waals surface area (Å²) in [6.45, 7) is 5.25. The van der Waals surface area contributed by atoms with Crippen molar-refractivity contribution in [1.82, 2.24) is 24.6 Å². The minimum Gasteiger partial charge on any atom is -0.487 e. The predicted octanol–water partition coefficient (Wildman–Crippen LogP) is 4.66. The van der Waals surface area contributed by atoms with Crippen LogP contribution in [0.2, 0.25) is 5.02 Å². The van der Waals surface area contributed by atoms with Crippen molar-refractivity contribution in [2.24, 2.45) is 0 Å². The number of nitrogens with zero attached hydrogens (tertiary/aromatic N) is 5. The first-order valence-electron chi connectivity index (χ1n) is 11.4. The maximum atomic E-state index is 12.2. The van der Waals surface area contributed by atoms with Gasteiger partial charge in [0.25, 0.3) is 0 Å². The summed E-state index contributed by atoms with van der Waals surface area (Å²) in [4.78, 5) is 22.7. The number of amides is 1. The molecule has 0 aliphatic carbocycles. The number of hydrogen-bond acceptors (Lipinski definition) is 6.